The van der Waals surface area contributed by atoms with Crippen molar-refractivity contribution in [1.29, 1.82) is 0 Å². The van der Waals surface area contributed by atoms with Crippen molar-refractivity contribution in [3.63, 3.8) is 0 Å². The van der Waals surface area contributed by atoms with E-state index in [1.54, 1.807) is 17.8 Å². The summed E-state index contributed by atoms with van der Waals surface area (Å²) in [5.41, 5.74) is 7.40. The van der Waals surface area contributed by atoms with Crippen LogP contribution in [0.1, 0.15) is 19.4 Å². The van der Waals surface area contributed by atoms with Gasteiger partial charge in [0.05, 0.1) is 15.5 Å². The zero-order chi connectivity index (χ0) is 13.3. The number of hydrogen-bond donors (Lipinski definition) is 1. The van der Waals surface area contributed by atoms with Crippen LogP contribution in [0.25, 0.3) is 11.0 Å². The van der Waals surface area contributed by atoms with Gasteiger partial charge in [0.2, 0.25) is 5.95 Å². The van der Waals surface area contributed by atoms with Gasteiger partial charge in [0.15, 0.2) is 0 Å². The van der Waals surface area contributed by atoms with E-state index in [1.807, 2.05) is 4.57 Å². The highest BCUT2D eigenvalue weighted by Gasteiger charge is 2.15. The summed E-state index contributed by atoms with van der Waals surface area (Å²) in [6, 6.07) is 3.36. The molecule has 2 rings (SSSR count). The van der Waals surface area contributed by atoms with Crippen molar-refractivity contribution < 1.29 is 4.39 Å². The first-order valence-corrected chi connectivity index (χ1v) is 7.84. The number of imidazole rings is 1. The van der Waals surface area contributed by atoms with E-state index in [2.05, 4.69) is 34.1 Å². The summed E-state index contributed by atoms with van der Waals surface area (Å²) >= 11 is 4.95. The summed E-state index contributed by atoms with van der Waals surface area (Å²) in [6.07, 6.45) is 3.05. The van der Waals surface area contributed by atoms with Crippen LogP contribution in [0.5, 0.6) is 0 Å². The normalized spacial score (nSPS) is 13.1. The molecule has 6 heteroatoms. The smallest absolute Gasteiger partial charge is 0.201 e. The topological polar surface area (TPSA) is 43.8 Å². The second kappa shape index (κ2) is 5.48. The first-order chi connectivity index (χ1) is 8.54. The van der Waals surface area contributed by atoms with Gasteiger partial charge in [0.25, 0.3) is 0 Å². The Balaban J connectivity index is 2.49. The predicted molar refractivity (Wildman–Crippen MR) is 79.5 cm³/mol. The van der Waals surface area contributed by atoms with E-state index in [1.165, 1.54) is 6.07 Å². The number of aromatic nitrogens is 2. The Bertz CT molecular complexity index is 570. The number of nitrogens with zero attached hydrogens (tertiary/aromatic N) is 2. The van der Waals surface area contributed by atoms with E-state index < -0.39 is 0 Å². The molecule has 0 aliphatic heterocycles. The molecule has 0 spiro atoms. The lowest BCUT2D eigenvalue weighted by atomic mass is 10.2. The van der Waals surface area contributed by atoms with Gasteiger partial charge in [0, 0.05) is 12.1 Å². The number of halogens is 2. The summed E-state index contributed by atoms with van der Waals surface area (Å²) < 4.78 is 15.9. The molecule has 2 N–H and O–H groups in total. The SMILES string of the molecule is CSCCC(C)n1c(N)nc2cc(Br)c(F)cc21. The molecular formula is C12H15BrFN3S. The quantitative estimate of drug-likeness (QED) is 0.925. The predicted octanol–water partition coefficient (Wildman–Crippen LogP) is 3.83. The molecule has 0 radical (unpaired) electrons. The fraction of sp³-hybridized carbons (Fsp3) is 0.417. The van der Waals surface area contributed by atoms with Crippen LogP contribution in [0.4, 0.5) is 10.3 Å². The molecule has 2 aromatic rings. The van der Waals surface area contributed by atoms with Crippen LogP contribution in [0, 0.1) is 5.82 Å². The zero-order valence-corrected chi connectivity index (χ0v) is 12.7. The van der Waals surface area contributed by atoms with Crippen LogP contribution in [-0.4, -0.2) is 21.6 Å². The first kappa shape index (κ1) is 13.7. The maximum atomic E-state index is 13.6. The van der Waals surface area contributed by atoms with Crippen molar-refractivity contribution in [2.24, 2.45) is 0 Å². The van der Waals surface area contributed by atoms with Crippen molar-refractivity contribution in [3.05, 3.63) is 22.4 Å². The largest absolute Gasteiger partial charge is 0.369 e. The van der Waals surface area contributed by atoms with Gasteiger partial charge >= 0.3 is 0 Å². The second-order valence-electron chi connectivity index (χ2n) is 4.23. The number of nitrogens with two attached hydrogens (primary N) is 1. The van der Waals surface area contributed by atoms with Crippen molar-refractivity contribution >= 4 is 44.7 Å². The van der Waals surface area contributed by atoms with Gasteiger partial charge in [-0.25, -0.2) is 9.37 Å². The van der Waals surface area contributed by atoms with E-state index in [-0.39, 0.29) is 11.9 Å². The number of benzene rings is 1. The molecule has 0 fully saturated rings. The Morgan fingerprint density at radius 2 is 2.28 bits per heavy atom. The van der Waals surface area contributed by atoms with Gasteiger partial charge in [0.1, 0.15) is 5.82 Å². The number of hydrogen-bond acceptors (Lipinski definition) is 3. The maximum absolute atomic E-state index is 13.6. The summed E-state index contributed by atoms with van der Waals surface area (Å²) in [5.74, 6) is 1.19. The minimum atomic E-state index is -0.291. The second-order valence-corrected chi connectivity index (χ2v) is 6.07. The number of anilines is 1. The van der Waals surface area contributed by atoms with Crippen LogP contribution in [-0.2, 0) is 0 Å². The van der Waals surface area contributed by atoms with Gasteiger partial charge in [-0.05, 0) is 47.3 Å². The van der Waals surface area contributed by atoms with E-state index in [9.17, 15) is 4.39 Å². The molecule has 0 saturated carbocycles. The van der Waals surface area contributed by atoms with Gasteiger partial charge in [-0.3, -0.25) is 0 Å². The minimum absolute atomic E-state index is 0.211. The van der Waals surface area contributed by atoms with Crippen LogP contribution < -0.4 is 5.73 Å². The number of fused-ring (bicyclic) bond motifs is 1. The number of thioether (sulfide) groups is 1. The van der Waals surface area contributed by atoms with Gasteiger partial charge in [-0.2, -0.15) is 11.8 Å². The summed E-state index contributed by atoms with van der Waals surface area (Å²) in [4.78, 5) is 4.28. The lowest BCUT2D eigenvalue weighted by molar-refractivity contribution is 0.554. The van der Waals surface area contributed by atoms with Gasteiger partial charge in [-0.1, -0.05) is 0 Å². The summed E-state index contributed by atoms with van der Waals surface area (Å²) in [5, 5.41) is 0. The summed E-state index contributed by atoms with van der Waals surface area (Å²) in [6.45, 7) is 2.08. The Labute approximate surface area is 118 Å². The van der Waals surface area contributed by atoms with E-state index in [4.69, 9.17) is 5.73 Å². The summed E-state index contributed by atoms with van der Waals surface area (Å²) in [7, 11) is 0. The molecule has 98 valence electrons. The van der Waals surface area contributed by atoms with Gasteiger partial charge in [-0.15, -0.1) is 0 Å². The highest BCUT2D eigenvalue weighted by Crippen LogP contribution is 2.29. The van der Waals surface area contributed by atoms with Crippen LogP contribution in [0.3, 0.4) is 0 Å². The minimum Gasteiger partial charge on any atom is -0.369 e. The molecule has 1 heterocycles. The molecule has 0 amide bonds. The fourth-order valence-corrected chi connectivity index (χ4v) is 2.90. The molecule has 1 unspecified atom stereocenters. The lowest BCUT2D eigenvalue weighted by Crippen LogP contribution is -2.09. The Morgan fingerprint density at radius 3 is 2.94 bits per heavy atom. The highest BCUT2D eigenvalue weighted by molar-refractivity contribution is 9.10. The third kappa shape index (κ3) is 2.49. The fourth-order valence-electron chi connectivity index (χ4n) is 1.99. The van der Waals surface area contributed by atoms with Crippen molar-refractivity contribution in [1.82, 2.24) is 9.55 Å². The number of nitrogen functional groups attached to an aromatic ring is 1. The molecule has 18 heavy (non-hydrogen) atoms. The standard InChI is InChI=1S/C12H15BrFN3S/c1-7(3-4-18-2)17-11-6-9(14)8(13)5-10(11)16-12(17)15/h5-7H,3-4H2,1-2H3,(H2,15,16). The van der Waals surface area contributed by atoms with Gasteiger partial charge < -0.3 is 10.3 Å². The molecule has 0 aliphatic carbocycles. The average Bonchev–Trinajstić information content (AvgIpc) is 2.62. The Hall–Kier alpha value is -0.750. The van der Waals surface area contributed by atoms with Crippen LogP contribution >= 0.6 is 27.7 Å². The van der Waals surface area contributed by atoms with E-state index >= 15 is 0 Å². The Kier molecular flexibility index (Phi) is 4.17. The first-order valence-electron chi connectivity index (χ1n) is 5.66. The van der Waals surface area contributed by atoms with Crippen molar-refractivity contribution in [2.45, 2.75) is 19.4 Å². The van der Waals surface area contributed by atoms with E-state index in [0.717, 1.165) is 23.2 Å². The van der Waals surface area contributed by atoms with Crippen molar-refractivity contribution in [2.75, 3.05) is 17.7 Å². The monoisotopic (exact) mass is 331 g/mol. The van der Waals surface area contributed by atoms with Crippen molar-refractivity contribution in [3.8, 4) is 0 Å². The zero-order valence-electron chi connectivity index (χ0n) is 10.3. The molecular weight excluding hydrogens is 317 g/mol. The average molecular weight is 332 g/mol. The molecule has 1 aromatic carbocycles. The highest BCUT2D eigenvalue weighted by atomic mass is 79.9. The molecule has 1 aromatic heterocycles. The molecule has 0 aliphatic rings. The molecule has 0 saturated heterocycles. The van der Waals surface area contributed by atoms with E-state index in [0.29, 0.717) is 10.4 Å². The molecule has 0 bridgehead atoms. The molecule has 1 atom stereocenters. The third-order valence-electron chi connectivity index (χ3n) is 2.94. The number of rotatable bonds is 4. The van der Waals surface area contributed by atoms with Crippen LogP contribution in [0.2, 0.25) is 0 Å². The maximum Gasteiger partial charge on any atom is 0.201 e. The lowest BCUT2D eigenvalue weighted by Gasteiger charge is -2.15. The molecule has 3 nitrogen and oxygen atoms in total. The third-order valence-corrected chi connectivity index (χ3v) is 4.19. The Morgan fingerprint density at radius 1 is 1.56 bits per heavy atom. The van der Waals surface area contributed by atoms with Crippen LogP contribution in [0.15, 0.2) is 16.6 Å².